The zero-order chi connectivity index (χ0) is 22.6. The summed E-state index contributed by atoms with van der Waals surface area (Å²) in [5, 5.41) is 0. The predicted molar refractivity (Wildman–Crippen MR) is 124 cm³/mol. The summed E-state index contributed by atoms with van der Waals surface area (Å²) in [7, 11) is 1.79. The van der Waals surface area contributed by atoms with Crippen molar-refractivity contribution >= 4 is 22.6 Å². The minimum atomic E-state index is -0.0352. The zero-order valence-corrected chi connectivity index (χ0v) is 19.1. The van der Waals surface area contributed by atoms with Crippen LogP contribution in [0.5, 0.6) is 0 Å². The number of aromatic nitrogens is 4. The lowest BCUT2D eigenvalue weighted by atomic mass is 9.78. The van der Waals surface area contributed by atoms with Gasteiger partial charge in [-0.1, -0.05) is 26.8 Å². The lowest BCUT2D eigenvalue weighted by Crippen LogP contribution is -2.49. The Morgan fingerprint density at radius 1 is 1.19 bits per heavy atom. The van der Waals surface area contributed by atoms with Gasteiger partial charge < -0.3 is 4.90 Å². The molecule has 5 heterocycles. The van der Waals surface area contributed by atoms with Gasteiger partial charge in [0.25, 0.3) is 5.91 Å². The molecule has 166 valence electrons. The molecule has 1 saturated heterocycles. The van der Waals surface area contributed by atoms with Gasteiger partial charge in [0, 0.05) is 38.4 Å². The van der Waals surface area contributed by atoms with Crippen molar-refractivity contribution in [3.63, 3.8) is 0 Å². The molecule has 2 unspecified atom stereocenters. The van der Waals surface area contributed by atoms with Crippen LogP contribution >= 0.6 is 0 Å². The van der Waals surface area contributed by atoms with Crippen molar-refractivity contribution in [1.29, 1.82) is 0 Å². The molecule has 0 spiro atoms. The largest absolute Gasteiger partial charge is 0.332 e. The SMILES string of the molecule is Cn1c(=O)n(CC(C)(C)C)c2ccc(C3=CC4CCC3CN4C(=O)c3cccnc3)nc21. The van der Waals surface area contributed by atoms with Crippen LogP contribution in [0.4, 0.5) is 0 Å². The molecule has 7 heteroatoms. The second kappa shape index (κ2) is 7.43. The summed E-state index contributed by atoms with van der Waals surface area (Å²) in [6.45, 7) is 7.71. The number of hydrogen-bond donors (Lipinski definition) is 0. The van der Waals surface area contributed by atoms with Crippen LogP contribution in [0.3, 0.4) is 0 Å². The van der Waals surface area contributed by atoms with Crippen molar-refractivity contribution in [2.75, 3.05) is 6.54 Å². The highest BCUT2D eigenvalue weighted by Gasteiger charge is 2.38. The third-order valence-electron chi connectivity index (χ3n) is 6.52. The van der Waals surface area contributed by atoms with Crippen molar-refractivity contribution in [3.8, 4) is 0 Å². The topological polar surface area (TPSA) is 73.0 Å². The van der Waals surface area contributed by atoms with Gasteiger partial charge in [-0.05, 0) is 48.1 Å². The molecular formula is C25H29N5O2. The minimum Gasteiger partial charge on any atom is -0.332 e. The summed E-state index contributed by atoms with van der Waals surface area (Å²) in [6.07, 6.45) is 7.51. The van der Waals surface area contributed by atoms with Crippen LogP contribution in [-0.4, -0.2) is 42.5 Å². The molecule has 3 aromatic rings. The van der Waals surface area contributed by atoms with Crippen molar-refractivity contribution in [2.45, 2.75) is 46.2 Å². The molecule has 7 nitrogen and oxygen atoms in total. The van der Waals surface area contributed by atoms with E-state index in [0.717, 1.165) is 24.1 Å². The number of carbonyl (C=O) groups is 1. The van der Waals surface area contributed by atoms with Crippen molar-refractivity contribution < 1.29 is 4.79 Å². The standard InChI is InChI=1S/C25H29N5O2/c1-25(2,3)15-30-21-10-9-20(27-22(21)28(4)24(30)32)19-12-18-8-7-17(19)14-29(18)23(31)16-6-5-11-26-13-16/h5-6,9-13,17-18H,7-8,14-15H2,1-4H3. The predicted octanol–water partition coefficient (Wildman–Crippen LogP) is 3.49. The van der Waals surface area contributed by atoms with E-state index >= 15 is 0 Å². The molecule has 6 rings (SSSR count). The number of pyridine rings is 2. The fraction of sp³-hybridized carbons (Fsp3) is 0.440. The number of imidazole rings is 1. The second-order valence-electron chi connectivity index (χ2n) is 10.2. The maximum Gasteiger partial charge on any atom is 0.330 e. The summed E-state index contributed by atoms with van der Waals surface area (Å²) in [6, 6.07) is 7.73. The first-order valence-electron chi connectivity index (χ1n) is 11.2. The van der Waals surface area contributed by atoms with Crippen molar-refractivity contribution in [2.24, 2.45) is 18.4 Å². The van der Waals surface area contributed by atoms with Gasteiger partial charge in [-0.25, -0.2) is 9.78 Å². The van der Waals surface area contributed by atoms with Gasteiger partial charge >= 0.3 is 5.69 Å². The van der Waals surface area contributed by atoms with E-state index in [1.807, 2.05) is 27.7 Å². The van der Waals surface area contributed by atoms with E-state index in [2.05, 4.69) is 31.8 Å². The van der Waals surface area contributed by atoms with Crippen LogP contribution in [0.15, 0.2) is 47.5 Å². The number of nitrogens with zero attached hydrogens (tertiary/aromatic N) is 5. The first-order chi connectivity index (χ1) is 15.2. The van der Waals surface area contributed by atoms with Crippen LogP contribution in [0, 0.1) is 11.3 Å². The molecule has 2 bridgehead atoms. The molecule has 1 aliphatic carbocycles. The summed E-state index contributed by atoms with van der Waals surface area (Å²) in [5.74, 6) is 0.285. The highest BCUT2D eigenvalue weighted by molar-refractivity contribution is 5.95. The van der Waals surface area contributed by atoms with Crippen molar-refractivity contribution in [3.05, 3.63) is 64.5 Å². The maximum atomic E-state index is 13.0. The van der Waals surface area contributed by atoms with Crippen LogP contribution in [0.1, 0.15) is 49.7 Å². The molecule has 32 heavy (non-hydrogen) atoms. The van der Waals surface area contributed by atoms with Crippen LogP contribution in [0.25, 0.3) is 16.7 Å². The number of rotatable bonds is 3. The van der Waals surface area contributed by atoms with E-state index in [-0.39, 0.29) is 29.0 Å². The highest BCUT2D eigenvalue weighted by Crippen LogP contribution is 2.40. The molecule has 0 aromatic carbocycles. The Bertz CT molecular complexity index is 1280. The van der Waals surface area contributed by atoms with Crippen molar-refractivity contribution in [1.82, 2.24) is 24.0 Å². The van der Waals surface area contributed by atoms with Crippen LogP contribution < -0.4 is 5.69 Å². The minimum absolute atomic E-state index is 0.00784. The average molecular weight is 432 g/mol. The first-order valence-corrected chi connectivity index (χ1v) is 11.2. The third kappa shape index (κ3) is 3.45. The molecule has 3 aromatic heterocycles. The fourth-order valence-corrected chi connectivity index (χ4v) is 5.01. The van der Waals surface area contributed by atoms with Gasteiger partial charge in [-0.15, -0.1) is 0 Å². The second-order valence-corrected chi connectivity index (χ2v) is 10.2. The quantitative estimate of drug-likeness (QED) is 0.636. The fourth-order valence-electron chi connectivity index (χ4n) is 5.01. The summed E-state index contributed by atoms with van der Waals surface area (Å²) in [5.41, 5.74) is 4.26. The zero-order valence-electron chi connectivity index (χ0n) is 19.1. The van der Waals surface area contributed by atoms with Gasteiger partial charge in [0.15, 0.2) is 5.65 Å². The molecule has 3 aliphatic rings. The first kappa shape index (κ1) is 20.7. The van der Waals surface area contributed by atoms with E-state index in [1.165, 1.54) is 5.57 Å². The number of piperidine rings is 1. The Morgan fingerprint density at radius 2 is 2.00 bits per heavy atom. The maximum absolute atomic E-state index is 13.0. The summed E-state index contributed by atoms with van der Waals surface area (Å²) < 4.78 is 3.46. The third-order valence-corrected chi connectivity index (χ3v) is 6.52. The smallest absolute Gasteiger partial charge is 0.330 e. The molecular weight excluding hydrogens is 402 g/mol. The van der Waals surface area contributed by atoms with Gasteiger partial charge in [0.05, 0.1) is 22.8 Å². The lowest BCUT2D eigenvalue weighted by Gasteiger charge is -2.44. The van der Waals surface area contributed by atoms with Crippen LogP contribution in [-0.2, 0) is 13.6 Å². The van der Waals surface area contributed by atoms with E-state index in [4.69, 9.17) is 4.98 Å². The molecule has 0 N–H and O–H groups in total. The molecule has 2 atom stereocenters. The van der Waals surface area contributed by atoms with E-state index in [1.54, 1.807) is 30.1 Å². The number of carbonyl (C=O) groups excluding carboxylic acids is 1. The molecule has 1 amide bonds. The van der Waals surface area contributed by atoms with Gasteiger partial charge in [-0.2, -0.15) is 0 Å². The Morgan fingerprint density at radius 3 is 2.66 bits per heavy atom. The normalized spacial score (nSPS) is 20.6. The highest BCUT2D eigenvalue weighted by atomic mass is 16.2. The van der Waals surface area contributed by atoms with E-state index in [9.17, 15) is 9.59 Å². The summed E-state index contributed by atoms with van der Waals surface area (Å²) >= 11 is 0. The molecule has 0 radical (unpaired) electrons. The summed E-state index contributed by atoms with van der Waals surface area (Å²) in [4.78, 5) is 36.8. The Labute approximate surface area is 187 Å². The molecule has 1 fully saturated rings. The Hall–Kier alpha value is -3.22. The lowest BCUT2D eigenvalue weighted by molar-refractivity contribution is 0.0609. The Kier molecular flexibility index (Phi) is 4.80. The number of fused-ring (bicyclic) bond motifs is 3. The van der Waals surface area contributed by atoms with Gasteiger partial charge in [0.1, 0.15) is 0 Å². The van der Waals surface area contributed by atoms with E-state index in [0.29, 0.717) is 24.3 Å². The number of hydrogen-bond acceptors (Lipinski definition) is 4. The van der Waals surface area contributed by atoms with E-state index < -0.39 is 0 Å². The van der Waals surface area contributed by atoms with Crippen LogP contribution in [0.2, 0.25) is 0 Å². The molecule has 0 saturated carbocycles. The number of amides is 1. The molecule has 2 aliphatic heterocycles. The average Bonchev–Trinajstić information content (AvgIpc) is 3.02. The number of aryl methyl sites for hydroxylation is 1. The monoisotopic (exact) mass is 431 g/mol. The van der Waals surface area contributed by atoms with Gasteiger partial charge in [-0.3, -0.25) is 18.9 Å². The van der Waals surface area contributed by atoms with Gasteiger partial charge in [0.2, 0.25) is 0 Å². The Balaban J connectivity index is 1.49.